The predicted molar refractivity (Wildman–Crippen MR) is 47.9 cm³/mol. The predicted octanol–water partition coefficient (Wildman–Crippen LogP) is 2.63. The Labute approximate surface area is 87.6 Å². The van der Waals surface area contributed by atoms with Crippen LogP contribution < -0.4 is 10.5 Å². The highest BCUT2D eigenvalue weighted by Crippen LogP contribution is 2.31. The molecule has 15 heavy (non-hydrogen) atoms. The van der Waals surface area contributed by atoms with Crippen LogP contribution in [0.5, 0.6) is 5.75 Å². The number of aldehydes is 1. The van der Waals surface area contributed by atoms with Gasteiger partial charge in [0.05, 0.1) is 10.7 Å². The minimum atomic E-state index is -4.83. The highest BCUT2D eigenvalue weighted by atomic mass is 35.5. The van der Waals surface area contributed by atoms with Gasteiger partial charge in [0.25, 0.3) is 0 Å². The van der Waals surface area contributed by atoms with Crippen LogP contribution in [0.2, 0.25) is 5.02 Å². The SMILES string of the molecule is Nc1cc(OC(F)(F)F)cc(C=O)c1Cl. The maximum absolute atomic E-state index is 11.8. The molecule has 3 nitrogen and oxygen atoms in total. The summed E-state index contributed by atoms with van der Waals surface area (Å²) < 4.78 is 39.1. The van der Waals surface area contributed by atoms with Crippen molar-refractivity contribution < 1.29 is 22.7 Å². The number of nitrogen functional groups attached to an aromatic ring is 1. The molecular formula is C8H5ClF3NO2. The molecule has 1 rings (SSSR count). The second kappa shape index (κ2) is 3.98. The molecule has 0 fully saturated rings. The zero-order chi connectivity index (χ0) is 11.6. The Morgan fingerprint density at radius 1 is 1.40 bits per heavy atom. The first-order chi connectivity index (χ1) is 6.83. The van der Waals surface area contributed by atoms with Gasteiger partial charge in [-0.05, 0) is 6.07 Å². The van der Waals surface area contributed by atoms with Crippen molar-refractivity contribution in [1.29, 1.82) is 0 Å². The van der Waals surface area contributed by atoms with Crippen molar-refractivity contribution in [2.75, 3.05) is 5.73 Å². The van der Waals surface area contributed by atoms with Crippen LogP contribution in [0.25, 0.3) is 0 Å². The lowest BCUT2D eigenvalue weighted by Gasteiger charge is -2.10. The van der Waals surface area contributed by atoms with Crippen LogP contribution in [0.4, 0.5) is 18.9 Å². The Kier molecular flexibility index (Phi) is 3.09. The van der Waals surface area contributed by atoms with E-state index in [9.17, 15) is 18.0 Å². The normalized spacial score (nSPS) is 11.2. The van der Waals surface area contributed by atoms with Crippen molar-refractivity contribution in [3.63, 3.8) is 0 Å². The third-order valence-corrected chi connectivity index (χ3v) is 1.90. The summed E-state index contributed by atoms with van der Waals surface area (Å²) >= 11 is 5.54. The lowest BCUT2D eigenvalue weighted by atomic mass is 10.2. The molecule has 0 aliphatic rings. The van der Waals surface area contributed by atoms with Crippen molar-refractivity contribution >= 4 is 23.6 Å². The molecule has 0 aliphatic carbocycles. The van der Waals surface area contributed by atoms with E-state index in [1.807, 2.05) is 0 Å². The van der Waals surface area contributed by atoms with Crippen LogP contribution >= 0.6 is 11.6 Å². The summed E-state index contributed by atoms with van der Waals surface area (Å²) in [4.78, 5) is 10.4. The lowest BCUT2D eigenvalue weighted by molar-refractivity contribution is -0.274. The fourth-order valence-corrected chi connectivity index (χ4v) is 1.07. The fraction of sp³-hybridized carbons (Fsp3) is 0.125. The van der Waals surface area contributed by atoms with E-state index in [4.69, 9.17) is 17.3 Å². The largest absolute Gasteiger partial charge is 0.573 e. The van der Waals surface area contributed by atoms with Crippen molar-refractivity contribution in [2.45, 2.75) is 6.36 Å². The summed E-state index contributed by atoms with van der Waals surface area (Å²) in [5.41, 5.74) is 4.97. The number of carbonyl (C=O) groups is 1. The number of carbonyl (C=O) groups excluding carboxylic acids is 1. The molecule has 1 aromatic carbocycles. The van der Waals surface area contributed by atoms with Gasteiger partial charge in [0.2, 0.25) is 0 Å². The van der Waals surface area contributed by atoms with Gasteiger partial charge >= 0.3 is 6.36 Å². The quantitative estimate of drug-likeness (QED) is 0.638. The summed E-state index contributed by atoms with van der Waals surface area (Å²) in [6.07, 6.45) is -4.54. The topological polar surface area (TPSA) is 52.3 Å². The lowest BCUT2D eigenvalue weighted by Crippen LogP contribution is -2.17. The van der Waals surface area contributed by atoms with Crippen LogP contribution in [0.15, 0.2) is 12.1 Å². The molecule has 0 heterocycles. The fourth-order valence-electron chi connectivity index (χ4n) is 0.920. The summed E-state index contributed by atoms with van der Waals surface area (Å²) in [6.45, 7) is 0. The van der Waals surface area contributed by atoms with Crippen LogP contribution in [-0.4, -0.2) is 12.6 Å². The second-order valence-corrected chi connectivity index (χ2v) is 2.96. The molecule has 0 atom stereocenters. The monoisotopic (exact) mass is 239 g/mol. The van der Waals surface area contributed by atoms with Crippen molar-refractivity contribution in [3.8, 4) is 5.75 Å². The van der Waals surface area contributed by atoms with E-state index in [1.54, 1.807) is 0 Å². The number of anilines is 1. The highest BCUT2D eigenvalue weighted by Gasteiger charge is 2.31. The number of nitrogens with two attached hydrogens (primary N) is 1. The first-order valence-electron chi connectivity index (χ1n) is 3.63. The van der Waals surface area contributed by atoms with Crippen LogP contribution in [-0.2, 0) is 0 Å². The Hall–Kier alpha value is -1.43. The molecule has 0 saturated carbocycles. The number of ether oxygens (including phenoxy) is 1. The zero-order valence-electron chi connectivity index (χ0n) is 7.14. The van der Waals surface area contributed by atoms with Gasteiger partial charge in [-0.25, -0.2) is 0 Å². The third-order valence-electron chi connectivity index (χ3n) is 1.46. The van der Waals surface area contributed by atoms with Gasteiger partial charge in [0.15, 0.2) is 6.29 Å². The molecule has 0 bridgehead atoms. The van der Waals surface area contributed by atoms with E-state index in [0.29, 0.717) is 6.29 Å². The molecule has 7 heteroatoms. The van der Waals surface area contributed by atoms with Crippen molar-refractivity contribution in [3.05, 3.63) is 22.7 Å². The first-order valence-corrected chi connectivity index (χ1v) is 4.01. The van der Waals surface area contributed by atoms with Crippen LogP contribution in [0, 0.1) is 0 Å². The average molecular weight is 240 g/mol. The van der Waals surface area contributed by atoms with E-state index in [-0.39, 0.29) is 16.3 Å². The second-order valence-electron chi connectivity index (χ2n) is 2.58. The minimum Gasteiger partial charge on any atom is -0.406 e. The summed E-state index contributed by atoms with van der Waals surface area (Å²) in [5, 5.41) is -0.0977. The molecule has 0 amide bonds. The van der Waals surface area contributed by atoms with Gasteiger partial charge in [-0.2, -0.15) is 0 Å². The van der Waals surface area contributed by atoms with Gasteiger partial charge in [-0.1, -0.05) is 11.6 Å². The van der Waals surface area contributed by atoms with E-state index in [2.05, 4.69) is 4.74 Å². The van der Waals surface area contributed by atoms with Gasteiger partial charge in [-0.15, -0.1) is 13.2 Å². The average Bonchev–Trinajstić information content (AvgIpc) is 2.08. The Bertz CT molecular complexity index is 392. The molecule has 0 unspecified atom stereocenters. The van der Waals surface area contributed by atoms with Crippen molar-refractivity contribution in [1.82, 2.24) is 0 Å². The number of hydrogen-bond donors (Lipinski definition) is 1. The van der Waals surface area contributed by atoms with E-state index in [1.165, 1.54) is 0 Å². The smallest absolute Gasteiger partial charge is 0.406 e. The molecular weight excluding hydrogens is 235 g/mol. The number of alkyl halides is 3. The Morgan fingerprint density at radius 3 is 2.47 bits per heavy atom. The number of hydrogen-bond acceptors (Lipinski definition) is 3. The summed E-state index contributed by atoms with van der Waals surface area (Å²) in [5.74, 6) is -0.577. The zero-order valence-corrected chi connectivity index (χ0v) is 7.89. The van der Waals surface area contributed by atoms with E-state index >= 15 is 0 Å². The van der Waals surface area contributed by atoms with Gasteiger partial charge in [0, 0.05) is 11.6 Å². The molecule has 1 aromatic rings. The van der Waals surface area contributed by atoms with Crippen LogP contribution in [0.3, 0.4) is 0 Å². The standard InChI is InChI=1S/C8H5ClF3NO2/c9-7-4(3-14)1-5(2-6(7)13)15-8(10,11)12/h1-3H,13H2. The number of benzene rings is 1. The molecule has 0 saturated heterocycles. The van der Waals surface area contributed by atoms with Crippen molar-refractivity contribution in [2.24, 2.45) is 0 Å². The molecule has 0 aromatic heterocycles. The highest BCUT2D eigenvalue weighted by molar-refractivity contribution is 6.35. The maximum atomic E-state index is 11.8. The number of halogens is 4. The molecule has 82 valence electrons. The van der Waals surface area contributed by atoms with Gasteiger partial charge < -0.3 is 10.5 Å². The van der Waals surface area contributed by atoms with Gasteiger partial charge in [-0.3, -0.25) is 4.79 Å². The molecule has 2 N–H and O–H groups in total. The van der Waals surface area contributed by atoms with E-state index in [0.717, 1.165) is 12.1 Å². The molecule has 0 radical (unpaired) electrons. The Morgan fingerprint density at radius 2 is 2.00 bits per heavy atom. The summed E-state index contributed by atoms with van der Waals surface area (Å²) in [6, 6.07) is 1.75. The molecule has 0 spiro atoms. The maximum Gasteiger partial charge on any atom is 0.573 e. The summed E-state index contributed by atoms with van der Waals surface area (Å²) in [7, 11) is 0. The van der Waals surface area contributed by atoms with Gasteiger partial charge in [0.1, 0.15) is 5.75 Å². The Balaban J connectivity index is 3.11. The third kappa shape index (κ3) is 3.02. The first kappa shape index (κ1) is 11.6. The molecule has 0 aliphatic heterocycles. The number of rotatable bonds is 2. The van der Waals surface area contributed by atoms with Crippen LogP contribution in [0.1, 0.15) is 10.4 Å². The van der Waals surface area contributed by atoms with E-state index < -0.39 is 12.1 Å². The minimum absolute atomic E-state index is 0.0977.